The number of hydrogen-bond acceptors (Lipinski definition) is 5. The van der Waals surface area contributed by atoms with Gasteiger partial charge in [-0.1, -0.05) is 0 Å². The van der Waals surface area contributed by atoms with Gasteiger partial charge < -0.3 is 10.3 Å². The van der Waals surface area contributed by atoms with Gasteiger partial charge in [0.15, 0.2) is 6.26 Å². The first-order chi connectivity index (χ1) is 8.58. The highest BCUT2D eigenvalue weighted by Crippen LogP contribution is 2.25. The topological polar surface area (TPSA) is 131 Å². The molecular formula is C9H8N4O4S. The number of nitrogens with one attached hydrogen (secondary N) is 1. The molecule has 1 amide bonds. The predicted molar refractivity (Wildman–Crippen MR) is 62.6 cm³/mol. The minimum absolute atomic E-state index is 0.208. The molecule has 2 rings (SSSR count). The van der Waals surface area contributed by atoms with Crippen LogP contribution in [0.1, 0.15) is 10.4 Å². The Balaban J connectivity index is 2.51. The van der Waals surface area contributed by atoms with Crippen molar-refractivity contribution in [3.05, 3.63) is 30.0 Å². The van der Waals surface area contributed by atoms with Crippen LogP contribution in [0.5, 0.6) is 0 Å². The van der Waals surface area contributed by atoms with Crippen LogP contribution in [-0.4, -0.2) is 25.0 Å². The summed E-state index contributed by atoms with van der Waals surface area (Å²) in [5, 5.41) is 6.94. The fourth-order valence-corrected chi connectivity index (χ4v) is 1.75. The van der Waals surface area contributed by atoms with Crippen LogP contribution >= 0.6 is 0 Å². The van der Waals surface area contributed by atoms with E-state index in [-0.39, 0.29) is 5.56 Å². The summed E-state index contributed by atoms with van der Waals surface area (Å²) in [7, 11) is 0. The zero-order chi connectivity index (χ0) is 13.1. The Hall–Kier alpha value is -2.26. The number of carbonyl (C=O) groups excluding carboxylic acids is 1. The summed E-state index contributed by atoms with van der Waals surface area (Å²) in [5.74, 6) is -0.648. The molecule has 8 nitrogen and oxygen atoms in total. The molecule has 2 aromatic rings. The van der Waals surface area contributed by atoms with Gasteiger partial charge in [-0.3, -0.25) is 14.1 Å². The summed E-state index contributed by atoms with van der Waals surface area (Å²) in [6, 6.07) is 4.32. The number of aromatic nitrogens is 2. The van der Waals surface area contributed by atoms with E-state index in [1.165, 1.54) is 24.5 Å². The summed E-state index contributed by atoms with van der Waals surface area (Å²) >= 11 is -2.21. The first-order valence-corrected chi connectivity index (χ1v) is 5.77. The van der Waals surface area contributed by atoms with Crippen molar-refractivity contribution in [1.29, 1.82) is 0 Å². The fourth-order valence-electron chi connectivity index (χ4n) is 1.42. The molecule has 94 valence electrons. The van der Waals surface area contributed by atoms with E-state index >= 15 is 0 Å². The standard InChI is InChI=1S/C9H8N4O4S/c10-9(14)6-2-1-5(12-18(15)16)3-7(6)8-4-17-13-11-8/h1-4,12H,(H2,10,14)(H,15,16). The van der Waals surface area contributed by atoms with E-state index in [1.807, 2.05) is 0 Å². The number of nitrogens with two attached hydrogens (primary N) is 1. The highest BCUT2D eigenvalue weighted by Gasteiger charge is 2.14. The molecule has 0 fully saturated rings. The summed E-state index contributed by atoms with van der Waals surface area (Å²) in [6.45, 7) is 0. The highest BCUT2D eigenvalue weighted by atomic mass is 32.2. The largest absolute Gasteiger partial charge is 0.366 e. The minimum atomic E-state index is -2.21. The SMILES string of the molecule is NC(=O)c1ccc(NS(=O)O)cc1-c1conn1. The van der Waals surface area contributed by atoms with Gasteiger partial charge in [-0.15, -0.1) is 5.10 Å². The van der Waals surface area contributed by atoms with Crippen LogP contribution in [-0.2, 0) is 11.3 Å². The zero-order valence-corrected chi connectivity index (χ0v) is 9.68. The van der Waals surface area contributed by atoms with Gasteiger partial charge in [0.05, 0.1) is 0 Å². The smallest absolute Gasteiger partial charge is 0.259 e. The first-order valence-electron chi connectivity index (χ1n) is 4.66. The quantitative estimate of drug-likeness (QED) is 0.687. The average molecular weight is 268 g/mol. The van der Waals surface area contributed by atoms with E-state index in [9.17, 15) is 9.00 Å². The lowest BCUT2D eigenvalue weighted by Crippen LogP contribution is -2.13. The second kappa shape index (κ2) is 4.94. The number of nitrogens with zero attached hydrogens (tertiary/aromatic N) is 2. The molecular weight excluding hydrogens is 260 g/mol. The molecule has 0 spiro atoms. The average Bonchev–Trinajstić information content (AvgIpc) is 2.80. The van der Waals surface area contributed by atoms with Crippen molar-refractivity contribution in [2.24, 2.45) is 5.73 Å². The zero-order valence-electron chi connectivity index (χ0n) is 8.86. The van der Waals surface area contributed by atoms with Crippen LogP contribution in [0, 0.1) is 0 Å². The van der Waals surface area contributed by atoms with E-state index in [0.717, 1.165) is 0 Å². The molecule has 0 saturated carbocycles. The lowest BCUT2D eigenvalue weighted by molar-refractivity contribution is 0.100. The first kappa shape index (κ1) is 12.2. The normalized spacial score (nSPS) is 12.1. The number of rotatable bonds is 4. The van der Waals surface area contributed by atoms with Crippen molar-refractivity contribution in [3.63, 3.8) is 0 Å². The maximum atomic E-state index is 11.3. The molecule has 9 heteroatoms. The van der Waals surface area contributed by atoms with Gasteiger partial charge in [-0.2, -0.15) is 0 Å². The summed E-state index contributed by atoms with van der Waals surface area (Å²) in [5.41, 5.74) is 6.43. The molecule has 1 atom stereocenters. The van der Waals surface area contributed by atoms with Gasteiger partial charge in [0.1, 0.15) is 5.69 Å². The molecule has 0 bridgehead atoms. The second-order valence-electron chi connectivity index (χ2n) is 3.27. The van der Waals surface area contributed by atoms with E-state index in [4.69, 9.17) is 10.3 Å². The molecule has 1 aromatic heterocycles. The molecule has 1 aromatic carbocycles. The second-order valence-corrected chi connectivity index (χ2v) is 3.97. The molecule has 4 N–H and O–H groups in total. The van der Waals surface area contributed by atoms with Crippen molar-refractivity contribution in [1.82, 2.24) is 10.4 Å². The Morgan fingerprint density at radius 1 is 1.50 bits per heavy atom. The molecule has 18 heavy (non-hydrogen) atoms. The van der Waals surface area contributed by atoms with Crippen molar-refractivity contribution >= 4 is 22.9 Å². The lowest BCUT2D eigenvalue weighted by Gasteiger charge is -2.06. The van der Waals surface area contributed by atoms with Crippen LogP contribution in [0.15, 0.2) is 29.0 Å². The summed E-state index contributed by atoms with van der Waals surface area (Å²) in [6.07, 6.45) is 1.24. The highest BCUT2D eigenvalue weighted by molar-refractivity contribution is 7.80. The van der Waals surface area contributed by atoms with Crippen molar-refractivity contribution < 1.29 is 18.1 Å². The molecule has 0 aliphatic heterocycles. The molecule has 0 aliphatic rings. The Labute approximate surface area is 104 Å². The van der Waals surface area contributed by atoms with Crippen LogP contribution in [0.3, 0.4) is 0 Å². The summed E-state index contributed by atoms with van der Waals surface area (Å²) < 4.78 is 26.2. The Bertz CT molecular complexity index is 599. The molecule has 1 heterocycles. The van der Waals surface area contributed by atoms with Crippen molar-refractivity contribution in [3.8, 4) is 11.3 Å². The summed E-state index contributed by atoms with van der Waals surface area (Å²) in [4.78, 5) is 11.3. The Morgan fingerprint density at radius 2 is 2.28 bits per heavy atom. The molecule has 0 radical (unpaired) electrons. The minimum Gasteiger partial charge on any atom is -0.366 e. The number of amides is 1. The van der Waals surface area contributed by atoms with Gasteiger partial charge in [0.2, 0.25) is 5.91 Å². The van der Waals surface area contributed by atoms with Gasteiger partial charge in [0.25, 0.3) is 11.3 Å². The molecule has 1 unspecified atom stereocenters. The number of benzene rings is 1. The monoisotopic (exact) mass is 268 g/mol. The van der Waals surface area contributed by atoms with E-state index in [2.05, 4.69) is 19.6 Å². The number of anilines is 1. The van der Waals surface area contributed by atoms with Crippen LogP contribution in [0.4, 0.5) is 5.69 Å². The van der Waals surface area contributed by atoms with Gasteiger partial charge in [-0.05, 0) is 18.2 Å². The van der Waals surface area contributed by atoms with E-state index < -0.39 is 17.2 Å². The Morgan fingerprint density at radius 3 is 2.83 bits per heavy atom. The van der Waals surface area contributed by atoms with Crippen LogP contribution in [0.25, 0.3) is 11.3 Å². The van der Waals surface area contributed by atoms with Crippen LogP contribution < -0.4 is 10.5 Å². The lowest BCUT2D eigenvalue weighted by atomic mass is 10.0. The third kappa shape index (κ3) is 2.52. The maximum Gasteiger partial charge on any atom is 0.259 e. The number of primary amides is 1. The number of carbonyl (C=O) groups is 1. The van der Waals surface area contributed by atoms with Crippen molar-refractivity contribution in [2.45, 2.75) is 0 Å². The third-order valence-corrected chi connectivity index (χ3v) is 2.54. The van der Waals surface area contributed by atoms with Gasteiger partial charge >= 0.3 is 0 Å². The van der Waals surface area contributed by atoms with Crippen LogP contribution in [0.2, 0.25) is 0 Å². The Kier molecular flexibility index (Phi) is 3.35. The molecule has 0 aliphatic carbocycles. The maximum absolute atomic E-state index is 11.3. The van der Waals surface area contributed by atoms with Gasteiger partial charge in [-0.25, -0.2) is 4.21 Å². The van der Waals surface area contributed by atoms with Crippen molar-refractivity contribution in [2.75, 3.05) is 4.72 Å². The van der Waals surface area contributed by atoms with E-state index in [0.29, 0.717) is 16.9 Å². The third-order valence-electron chi connectivity index (χ3n) is 2.13. The molecule has 0 saturated heterocycles. The van der Waals surface area contributed by atoms with E-state index in [1.54, 1.807) is 0 Å². The van der Waals surface area contributed by atoms with Gasteiger partial charge in [0, 0.05) is 22.1 Å². The predicted octanol–water partition coefficient (Wildman–Crippen LogP) is 0.384. The number of hydrogen-bond donors (Lipinski definition) is 3. The fraction of sp³-hybridized carbons (Fsp3) is 0.